The van der Waals surface area contributed by atoms with Crippen LogP contribution >= 0.6 is 0 Å². The van der Waals surface area contributed by atoms with Gasteiger partial charge in [-0.15, -0.1) is 0 Å². The molecule has 0 heterocycles. The Hall–Kier alpha value is -2.81. The Balaban J connectivity index is 1.47. The lowest BCUT2D eigenvalue weighted by molar-refractivity contribution is 0.428. The highest BCUT2D eigenvalue weighted by atomic mass is 19.2. The molecule has 1 atom stereocenters. The van der Waals surface area contributed by atoms with Gasteiger partial charge in [-0.25, -0.2) is 13.2 Å². The third-order valence-corrected chi connectivity index (χ3v) is 7.54. The Morgan fingerprint density at radius 2 is 1.39 bits per heavy atom. The van der Waals surface area contributed by atoms with E-state index in [2.05, 4.69) is 13.0 Å². The van der Waals surface area contributed by atoms with Crippen molar-refractivity contribution in [3.05, 3.63) is 89.3 Å². The van der Waals surface area contributed by atoms with E-state index in [1.165, 1.54) is 37.7 Å². The summed E-state index contributed by atoms with van der Waals surface area (Å²) in [5.74, 6) is -1.09. The number of aryl methyl sites for hydroxylation is 1. The van der Waals surface area contributed by atoms with Crippen LogP contribution in [0.5, 0.6) is 0 Å². The van der Waals surface area contributed by atoms with E-state index in [-0.39, 0.29) is 11.4 Å². The van der Waals surface area contributed by atoms with Gasteiger partial charge in [0.2, 0.25) is 0 Å². The molecule has 0 nitrogen and oxygen atoms in total. The second kappa shape index (κ2) is 12.4. The van der Waals surface area contributed by atoms with Crippen molar-refractivity contribution in [1.29, 1.82) is 0 Å². The van der Waals surface area contributed by atoms with Crippen LogP contribution in [0.25, 0.3) is 27.8 Å². The zero-order valence-electron chi connectivity index (χ0n) is 21.6. The smallest absolute Gasteiger partial charge is 0.166 e. The van der Waals surface area contributed by atoms with E-state index in [4.69, 9.17) is 0 Å². The van der Waals surface area contributed by atoms with E-state index in [1.807, 2.05) is 19.1 Å². The van der Waals surface area contributed by atoms with Gasteiger partial charge in [-0.05, 0) is 71.9 Å². The van der Waals surface area contributed by atoms with E-state index in [9.17, 15) is 8.78 Å². The molecule has 1 aliphatic rings. The summed E-state index contributed by atoms with van der Waals surface area (Å²) < 4.78 is 44.4. The first-order chi connectivity index (χ1) is 17.5. The molecule has 190 valence electrons. The molecular weight excluding hydrogens is 453 g/mol. The van der Waals surface area contributed by atoms with Crippen LogP contribution in [-0.2, 0) is 6.42 Å². The molecule has 3 aromatic carbocycles. The van der Waals surface area contributed by atoms with Gasteiger partial charge in [0.15, 0.2) is 11.6 Å². The summed E-state index contributed by atoms with van der Waals surface area (Å²) in [7, 11) is 0. The lowest BCUT2D eigenvalue weighted by Crippen LogP contribution is -2.05. The molecule has 0 saturated carbocycles. The predicted molar refractivity (Wildman–Crippen MR) is 145 cm³/mol. The van der Waals surface area contributed by atoms with Crippen LogP contribution in [0.15, 0.2) is 60.7 Å². The molecule has 0 N–H and O–H groups in total. The zero-order chi connectivity index (χ0) is 25.5. The fraction of sp³-hybridized carbons (Fsp3) is 0.394. The highest BCUT2D eigenvalue weighted by Gasteiger charge is 2.17. The van der Waals surface area contributed by atoms with Crippen molar-refractivity contribution in [3.8, 4) is 22.3 Å². The fourth-order valence-corrected chi connectivity index (χ4v) is 5.25. The van der Waals surface area contributed by atoms with Crippen molar-refractivity contribution in [3.63, 3.8) is 0 Å². The molecule has 0 spiro atoms. The first-order valence-corrected chi connectivity index (χ1v) is 13.6. The predicted octanol–water partition coefficient (Wildman–Crippen LogP) is 10.5. The van der Waals surface area contributed by atoms with Gasteiger partial charge >= 0.3 is 0 Å². The Bertz CT molecular complexity index is 1190. The molecule has 3 heteroatoms. The van der Waals surface area contributed by atoms with Gasteiger partial charge in [0.25, 0.3) is 0 Å². The second-order valence-electron chi connectivity index (χ2n) is 10.1. The van der Waals surface area contributed by atoms with Crippen LogP contribution in [0.3, 0.4) is 0 Å². The van der Waals surface area contributed by atoms with E-state index in [0.717, 1.165) is 42.7 Å². The Morgan fingerprint density at radius 3 is 2.03 bits per heavy atom. The SMILES string of the molecule is CCCCCC1CC=C(c2ccc(-c3ccc(-c4ccc(CCCC)c(F)c4F)cc3)c(F)c2)CC1. The Labute approximate surface area is 214 Å². The van der Waals surface area contributed by atoms with Crippen molar-refractivity contribution in [2.24, 2.45) is 5.92 Å². The van der Waals surface area contributed by atoms with Gasteiger partial charge in [0.05, 0.1) is 0 Å². The summed E-state index contributed by atoms with van der Waals surface area (Å²) in [4.78, 5) is 0. The van der Waals surface area contributed by atoms with Crippen LogP contribution < -0.4 is 0 Å². The molecule has 0 amide bonds. The molecule has 0 aliphatic heterocycles. The number of allylic oxidation sites excluding steroid dienone is 2. The number of hydrogen-bond donors (Lipinski definition) is 0. The van der Waals surface area contributed by atoms with Gasteiger partial charge in [0, 0.05) is 11.1 Å². The summed E-state index contributed by atoms with van der Waals surface area (Å²) in [5.41, 5.74) is 4.65. The molecule has 1 aliphatic carbocycles. The van der Waals surface area contributed by atoms with Crippen molar-refractivity contribution in [2.75, 3.05) is 0 Å². The third kappa shape index (κ3) is 6.11. The fourth-order valence-electron chi connectivity index (χ4n) is 5.25. The molecule has 0 fully saturated rings. The minimum atomic E-state index is -0.819. The average molecular weight is 491 g/mol. The lowest BCUT2D eigenvalue weighted by Gasteiger charge is -2.22. The standard InChI is InChI=1S/C33H37F3/c1-3-5-7-8-23-10-12-24(13-11-23)28-19-20-29(31(34)22-28)25-14-16-26(17-15-25)30-21-18-27(9-6-4-2)32(35)33(30)36/h12,14-23H,3-11,13H2,1-2H3. The summed E-state index contributed by atoms with van der Waals surface area (Å²) in [6, 6.07) is 15.8. The van der Waals surface area contributed by atoms with Crippen molar-refractivity contribution in [1.82, 2.24) is 0 Å². The quantitative estimate of drug-likeness (QED) is 0.248. The maximum atomic E-state index is 15.1. The largest absolute Gasteiger partial charge is 0.206 e. The van der Waals surface area contributed by atoms with Crippen molar-refractivity contribution < 1.29 is 13.2 Å². The summed E-state index contributed by atoms with van der Waals surface area (Å²) >= 11 is 0. The maximum absolute atomic E-state index is 15.1. The van der Waals surface area contributed by atoms with Crippen LogP contribution in [-0.4, -0.2) is 0 Å². The monoisotopic (exact) mass is 490 g/mol. The maximum Gasteiger partial charge on any atom is 0.166 e. The number of rotatable bonds is 10. The van der Waals surface area contributed by atoms with Crippen LogP contribution in [0, 0.1) is 23.4 Å². The van der Waals surface area contributed by atoms with Crippen molar-refractivity contribution >= 4 is 5.57 Å². The van der Waals surface area contributed by atoms with Gasteiger partial charge < -0.3 is 0 Å². The van der Waals surface area contributed by atoms with Gasteiger partial charge in [-0.3, -0.25) is 0 Å². The highest BCUT2D eigenvalue weighted by Crippen LogP contribution is 2.35. The highest BCUT2D eigenvalue weighted by molar-refractivity contribution is 5.74. The molecular formula is C33H37F3. The van der Waals surface area contributed by atoms with E-state index >= 15 is 4.39 Å². The molecule has 0 aromatic heterocycles. The van der Waals surface area contributed by atoms with Gasteiger partial charge in [-0.1, -0.05) is 101 Å². The molecule has 0 saturated heterocycles. The Morgan fingerprint density at radius 1 is 0.722 bits per heavy atom. The van der Waals surface area contributed by atoms with Gasteiger partial charge in [-0.2, -0.15) is 0 Å². The van der Waals surface area contributed by atoms with E-state index < -0.39 is 11.6 Å². The molecule has 0 bridgehead atoms. The molecule has 0 radical (unpaired) electrons. The van der Waals surface area contributed by atoms with E-state index in [0.29, 0.717) is 23.1 Å². The molecule has 3 aromatic rings. The minimum Gasteiger partial charge on any atom is -0.206 e. The molecule has 1 unspecified atom stereocenters. The summed E-state index contributed by atoms with van der Waals surface area (Å²) in [6.07, 6.45) is 13.0. The number of halogens is 3. The first kappa shape index (κ1) is 26.3. The molecule has 4 rings (SSSR count). The van der Waals surface area contributed by atoms with Crippen LogP contribution in [0.2, 0.25) is 0 Å². The van der Waals surface area contributed by atoms with Gasteiger partial charge in [0.1, 0.15) is 5.82 Å². The first-order valence-electron chi connectivity index (χ1n) is 13.6. The number of unbranched alkanes of at least 4 members (excludes halogenated alkanes) is 3. The van der Waals surface area contributed by atoms with Crippen LogP contribution in [0.4, 0.5) is 13.2 Å². The Kier molecular flexibility index (Phi) is 9.07. The zero-order valence-corrected chi connectivity index (χ0v) is 21.6. The normalized spacial score (nSPS) is 15.7. The summed E-state index contributed by atoms with van der Waals surface area (Å²) in [5, 5.41) is 0. The van der Waals surface area contributed by atoms with Crippen molar-refractivity contribution in [2.45, 2.75) is 78.1 Å². The topological polar surface area (TPSA) is 0 Å². The van der Waals surface area contributed by atoms with E-state index in [1.54, 1.807) is 42.5 Å². The molecule has 36 heavy (non-hydrogen) atoms. The van der Waals surface area contributed by atoms with Crippen LogP contribution in [0.1, 0.15) is 82.8 Å². The average Bonchev–Trinajstić information content (AvgIpc) is 2.90. The summed E-state index contributed by atoms with van der Waals surface area (Å²) in [6.45, 7) is 4.26. The minimum absolute atomic E-state index is 0.229. The third-order valence-electron chi connectivity index (χ3n) is 7.54. The number of benzene rings is 3. The number of hydrogen-bond acceptors (Lipinski definition) is 0. The second-order valence-corrected chi connectivity index (χ2v) is 10.1. The lowest BCUT2D eigenvalue weighted by atomic mass is 9.83.